The molecule has 114 valence electrons. The molecule has 0 aromatic heterocycles. The standard InChI is InChI=1S/C16H20BrNO3/c1-16(2,3)21-15(20)18-9-8-12(10-18)14(19)11-4-6-13(17)7-5-11/h4-7,12H,8-10H2,1-3H3/t12-/m1/s1. The van der Waals surface area contributed by atoms with Crippen LogP contribution in [0.25, 0.3) is 0 Å². The maximum atomic E-state index is 12.4. The maximum absolute atomic E-state index is 12.4. The number of carbonyl (C=O) groups is 2. The topological polar surface area (TPSA) is 46.6 Å². The molecule has 0 bridgehead atoms. The largest absolute Gasteiger partial charge is 0.444 e. The Morgan fingerprint density at radius 2 is 1.86 bits per heavy atom. The second kappa shape index (κ2) is 6.18. The van der Waals surface area contributed by atoms with E-state index in [1.807, 2.05) is 45.0 Å². The highest BCUT2D eigenvalue weighted by Gasteiger charge is 2.33. The zero-order valence-corrected chi connectivity index (χ0v) is 14.1. The van der Waals surface area contributed by atoms with Gasteiger partial charge in [-0.15, -0.1) is 0 Å². The minimum atomic E-state index is -0.509. The lowest BCUT2D eigenvalue weighted by Crippen LogP contribution is -2.35. The van der Waals surface area contributed by atoms with Crippen molar-refractivity contribution in [1.82, 2.24) is 4.90 Å². The Hall–Kier alpha value is -1.36. The van der Waals surface area contributed by atoms with Crippen molar-refractivity contribution in [3.63, 3.8) is 0 Å². The van der Waals surface area contributed by atoms with Crippen molar-refractivity contribution in [2.24, 2.45) is 5.92 Å². The van der Waals surface area contributed by atoms with Crippen LogP contribution in [0.3, 0.4) is 0 Å². The van der Waals surface area contributed by atoms with Crippen molar-refractivity contribution in [3.05, 3.63) is 34.3 Å². The van der Waals surface area contributed by atoms with Crippen LogP contribution in [0.15, 0.2) is 28.7 Å². The van der Waals surface area contributed by atoms with E-state index < -0.39 is 5.60 Å². The first-order valence-corrected chi connectivity index (χ1v) is 7.83. The summed E-state index contributed by atoms with van der Waals surface area (Å²) in [6.07, 6.45) is 0.349. The smallest absolute Gasteiger partial charge is 0.410 e. The van der Waals surface area contributed by atoms with Gasteiger partial charge in [0, 0.05) is 29.0 Å². The molecule has 0 saturated carbocycles. The number of Topliss-reactive ketones (excluding diaryl/α,β-unsaturated/α-hetero) is 1. The van der Waals surface area contributed by atoms with E-state index in [4.69, 9.17) is 4.74 Å². The van der Waals surface area contributed by atoms with Crippen molar-refractivity contribution in [1.29, 1.82) is 0 Å². The van der Waals surface area contributed by atoms with Crippen LogP contribution in [0.4, 0.5) is 4.79 Å². The Bertz CT molecular complexity index is 533. The van der Waals surface area contributed by atoms with Gasteiger partial charge in [-0.25, -0.2) is 4.79 Å². The average Bonchev–Trinajstić information content (AvgIpc) is 2.86. The molecular formula is C16H20BrNO3. The summed E-state index contributed by atoms with van der Waals surface area (Å²) in [4.78, 5) is 26.0. The SMILES string of the molecule is CC(C)(C)OC(=O)N1CC[C@@H](C(=O)c2ccc(Br)cc2)C1. The van der Waals surface area contributed by atoms with E-state index in [-0.39, 0.29) is 17.8 Å². The number of hydrogen-bond acceptors (Lipinski definition) is 3. The van der Waals surface area contributed by atoms with Gasteiger partial charge in [-0.2, -0.15) is 0 Å². The third-order valence-electron chi connectivity index (χ3n) is 3.34. The number of halogens is 1. The maximum Gasteiger partial charge on any atom is 0.410 e. The molecule has 1 saturated heterocycles. The molecule has 1 aliphatic rings. The van der Waals surface area contributed by atoms with Gasteiger partial charge in [0.05, 0.1) is 0 Å². The van der Waals surface area contributed by atoms with Gasteiger partial charge in [0.25, 0.3) is 0 Å². The lowest BCUT2D eigenvalue weighted by atomic mass is 9.97. The van der Waals surface area contributed by atoms with Gasteiger partial charge in [-0.05, 0) is 39.3 Å². The Labute approximate surface area is 133 Å². The number of ketones is 1. The quantitative estimate of drug-likeness (QED) is 0.757. The Balaban J connectivity index is 1.97. The highest BCUT2D eigenvalue weighted by molar-refractivity contribution is 9.10. The fourth-order valence-electron chi connectivity index (χ4n) is 2.32. The number of benzene rings is 1. The molecule has 0 N–H and O–H groups in total. The monoisotopic (exact) mass is 353 g/mol. The lowest BCUT2D eigenvalue weighted by molar-refractivity contribution is 0.0289. The summed E-state index contributed by atoms with van der Waals surface area (Å²) < 4.78 is 6.29. The average molecular weight is 354 g/mol. The highest BCUT2D eigenvalue weighted by atomic mass is 79.9. The molecule has 0 radical (unpaired) electrons. The zero-order chi connectivity index (χ0) is 15.6. The van der Waals surface area contributed by atoms with E-state index in [0.29, 0.717) is 25.1 Å². The van der Waals surface area contributed by atoms with E-state index >= 15 is 0 Å². The molecule has 1 aromatic carbocycles. The van der Waals surface area contributed by atoms with Crippen LogP contribution >= 0.6 is 15.9 Å². The molecule has 1 aliphatic heterocycles. The van der Waals surface area contributed by atoms with Crippen molar-refractivity contribution >= 4 is 27.8 Å². The molecular weight excluding hydrogens is 334 g/mol. The lowest BCUT2D eigenvalue weighted by Gasteiger charge is -2.24. The molecule has 2 rings (SSSR count). The van der Waals surface area contributed by atoms with Gasteiger partial charge in [0.15, 0.2) is 5.78 Å². The fraction of sp³-hybridized carbons (Fsp3) is 0.500. The van der Waals surface area contributed by atoms with E-state index in [9.17, 15) is 9.59 Å². The Morgan fingerprint density at radius 1 is 1.24 bits per heavy atom. The minimum absolute atomic E-state index is 0.0913. The van der Waals surface area contributed by atoms with Crippen LogP contribution in [0, 0.1) is 5.92 Å². The predicted molar refractivity (Wildman–Crippen MR) is 84.4 cm³/mol. The summed E-state index contributed by atoms with van der Waals surface area (Å²) in [6.45, 7) is 6.52. The molecule has 1 aromatic rings. The first-order valence-electron chi connectivity index (χ1n) is 7.04. The summed E-state index contributed by atoms with van der Waals surface area (Å²) in [6, 6.07) is 7.33. The van der Waals surface area contributed by atoms with E-state index in [1.54, 1.807) is 4.90 Å². The fourth-order valence-corrected chi connectivity index (χ4v) is 2.58. The van der Waals surface area contributed by atoms with Gasteiger partial charge in [-0.1, -0.05) is 28.1 Å². The Morgan fingerprint density at radius 3 is 2.43 bits per heavy atom. The number of ether oxygens (including phenoxy) is 1. The number of likely N-dealkylation sites (tertiary alicyclic amines) is 1. The van der Waals surface area contributed by atoms with Gasteiger partial charge < -0.3 is 9.64 Å². The summed E-state index contributed by atoms with van der Waals surface area (Å²) in [7, 11) is 0. The molecule has 1 heterocycles. The number of amides is 1. The first-order chi connectivity index (χ1) is 9.76. The zero-order valence-electron chi connectivity index (χ0n) is 12.6. The van der Waals surface area contributed by atoms with Crippen molar-refractivity contribution in [3.8, 4) is 0 Å². The van der Waals surface area contributed by atoms with Gasteiger partial charge in [-0.3, -0.25) is 4.79 Å². The molecule has 0 unspecified atom stereocenters. The van der Waals surface area contributed by atoms with Crippen molar-refractivity contribution < 1.29 is 14.3 Å². The molecule has 0 spiro atoms. The highest BCUT2D eigenvalue weighted by Crippen LogP contribution is 2.23. The Kier molecular flexibility index (Phi) is 4.71. The third kappa shape index (κ3) is 4.30. The molecule has 0 aliphatic carbocycles. The van der Waals surface area contributed by atoms with Gasteiger partial charge in [0.1, 0.15) is 5.60 Å². The number of nitrogens with zero attached hydrogens (tertiary/aromatic N) is 1. The van der Waals surface area contributed by atoms with Gasteiger partial charge in [0.2, 0.25) is 0 Å². The van der Waals surface area contributed by atoms with Crippen LogP contribution in [0.5, 0.6) is 0 Å². The van der Waals surface area contributed by atoms with E-state index in [0.717, 1.165) is 4.47 Å². The normalized spacial score (nSPS) is 18.7. The van der Waals surface area contributed by atoms with Crippen LogP contribution in [-0.4, -0.2) is 35.5 Å². The molecule has 4 nitrogen and oxygen atoms in total. The summed E-state index contributed by atoms with van der Waals surface area (Å²) in [5.41, 5.74) is 0.180. The summed E-state index contributed by atoms with van der Waals surface area (Å²) in [5.74, 6) is -0.0488. The second-order valence-electron chi connectivity index (χ2n) is 6.28. The molecule has 21 heavy (non-hydrogen) atoms. The van der Waals surface area contributed by atoms with Crippen LogP contribution < -0.4 is 0 Å². The third-order valence-corrected chi connectivity index (χ3v) is 3.87. The predicted octanol–water partition coefficient (Wildman–Crippen LogP) is 3.89. The van der Waals surface area contributed by atoms with Crippen molar-refractivity contribution in [2.75, 3.05) is 13.1 Å². The van der Waals surface area contributed by atoms with Crippen LogP contribution in [0.2, 0.25) is 0 Å². The number of hydrogen-bond donors (Lipinski definition) is 0. The molecule has 5 heteroatoms. The van der Waals surface area contributed by atoms with E-state index in [1.165, 1.54) is 0 Å². The summed E-state index contributed by atoms with van der Waals surface area (Å²) in [5, 5.41) is 0. The van der Waals surface area contributed by atoms with Crippen LogP contribution in [-0.2, 0) is 4.74 Å². The van der Waals surface area contributed by atoms with Crippen LogP contribution in [0.1, 0.15) is 37.6 Å². The minimum Gasteiger partial charge on any atom is -0.444 e. The molecule has 1 atom stereocenters. The number of carbonyl (C=O) groups excluding carboxylic acids is 2. The van der Waals surface area contributed by atoms with E-state index in [2.05, 4.69) is 15.9 Å². The number of rotatable bonds is 2. The second-order valence-corrected chi connectivity index (χ2v) is 7.20. The van der Waals surface area contributed by atoms with Crippen molar-refractivity contribution in [2.45, 2.75) is 32.8 Å². The summed E-state index contributed by atoms with van der Waals surface area (Å²) >= 11 is 3.35. The molecule has 1 amide bonds. The van der Waals surface area contributed by atoms with Gasteiger partial charge >= 0.3 is 6.09 Å². The molecule has 1 fully saturated rings. The first kappa shape index (κ1) is 16.0.